The summed E-state index contributed by atoms with van der Waals surface area (Å²) in [5, 5.41) is 3.30. The maximum absolute atomic E-state index is 11.3. The largest absolute Gasteiger partial charge is 0.366 e. The molecule has 1 atom stereocenters. The zero-order valence-electron chi connectivity index (χ0n) is 8.80. The van der Waals surface area contributed by atoms with E-state index in [-0.39, 0.29) is 5.56 Å². The summed E-state index contributed by atoms with van der Waals surface area (Å²) in [6, 6.07) is 0.406. The zero-order chi connectivity index (χ0) is 11.1. The molecule has 1 heterocycles. The van der Waals surface area contributed by atoms with Gasteiger partial charge >= 0.3 is 0 Å². The fourth-order valence-electron chi connectivity index (χ4n) is 1.78. The molecule has 0 amide bonds. The number of aromatic nitrogens is 2. The van der Waals surface area contributed by atoms with E-state index < -0.39 is 0 Å². The topological polar surface area (TPSA) is 57.8 Å². The van der Waals surface area contributed by atoms with Gasteiger partial charge in [0.05, 0.1) is 6.33 Å². The van der Waals surface area contributed by atoms with Gasteiger partial charge < -0.3 is 10.3 Å². The Labute approximate surface area is 96.6 Å². The zero-order valence-corrected chi connectivity index (χ0v) is 10.4. The van der Waals surface area contributed by atoms with Gasteiger partial charge in [-0.25, -0.2) is 4.98 Å². The highest BCUT2D eigenvalue weighted by Crippen LogP contribution is 2.41. The molecule has 0 spiro atoms. The first-order valence-corrected chi connectivity index (χ1v) is 5.80. The van der Waals surface area contributed by atoms with Crippen LogP contribution < -0.4 is 10.9 Å². The highest BCUT2D eigenvalue weighted by atomic mass is 79.9. The number of nitrogens with zero attached hydrogens (tertiary/aromatic N) is 1. The molecule has 1 saturated carbocycles. The van der Waals surface area contributed by atoms with Gasteiger partial charge in [0, 0.05) is 6.04 Å². The Morgan fingerprint density at radius 3 is 2.93 bits per heavy atom. The Kier molecular flexibility index (Phi) is 2.58. The lowest BCUT2D eigenvalue weighted by Gasteiger charge is -2.45. The van der Waals surface area contributed by atoms with E-state index in [0.29, 0.717) is 21.7 Å². The van der Waals surface area contributed by atoms with Crippen LogP contribution in [0.4, 0.5) is 5.82 Å². The molecule has 1 aliphatic rings. The fourth-order valence-corrected chi connectivity index (χ4v) is 2.11. The summed E-state index contributed by atoms with van der Waals surface area (Å²) < 4.78 is 0.479. The highest BCUT2D eigenvalue weighted by Gasteiger charge is 2.38. The number of hydrogen-bond donors (Lipinski definition) is 2. The number of rotatable bonds is 2. The molecular formula is C10H14BrN3O. The van der Waals surface area contributed by atoms with Crippen LogP contribution in [0.2, 0.25) is 0 Å². The number of H-pyrrole nitrogens is 1. The molecular weight excluding hydrogens is 258 g/mol. The lowest BCUT2D eigenvalue weighted by Crippen LogP contribution is -2.45. The second kappa shape index (κ2) is 3.63. The Morgan fingerprint density at radius 2 is 2.40 bits per heavy atom. The number of hydrogen-bond acceptors (Lipinski definition) is 3. The van der Waals surface area contributed by atoms with E-state index in [0.717, 1.165) is 6.42 Å². The molecule has 1 unspecified atom stereocenters. The van der Waals surface area contributed by atoms with Crippen LogP contribution in [0.1, 0.15) is 26.7 Å². The van der Waals surface area contributed by atoms with Crippen molar-refractivity contribution < 1.29 is 0 Å². The van der Waals surface area contributed by atoms with Gasteiger partial charge in [-0.15, -0.1) is 0 Å². The second-order valence-corrected chi connectivity index (χ2v) is 5.41. The molecule has 0 radical (unpaired) electrons. The van der Waals surface area contributed by atoms with Crippen molar-refractivity contribution in [1.29, 1.82) is 0 Å². The Balaban J connectivity index is 2.18. The molecule has 2 rings (SSSR count). The van der Waals surface area contributed by atoms with E-state index in [1.807, 2.05) is 0 Å². The summed E-state index contributed by atoms with van der Waals surface area (Å²) in [6.45, 7) is 4.44. The summed E-state index contributed by atoms with van der Waals surface area (Å²) in [7, 11) is 0. The number of nitrogens with one attached hydrogen (secondary N) is 2. The van der Waals surface area contributed by atoms with Gasteiger partial charge in [-0.3, -0.25) is 4.79 Å². The van der Waals surface area contributed by atoms with Crippen molar-refractivity contribution in [3.05, 3.63) is 21.2 Å². The van der Waals surface area contributed by atoms with Crippen LogP contribution in [0.5, 0.6) is 0 Å². The summed E-state index contributed by atoms with van der Waals surface area (Å²) >= 11 is 3.23. The summed E-state index contributed by atoms with van der Waals surface area (Å²) in [5.41, 5.74) is 0.147. The van der Waals surface area contributed by atoms with Crippen LogP contribution in [0, 0.1) is 5.41 Å². The molecule has 2 N–H and O–H groups in total. The van der Waals surface area contributed by atoms with Gasteiger partial charge in [-0.1, -0.05) is 13.8 Å². The minimum absolute atomic E-state index is 0.148. The van der Waals surface area contributed by atoms with Crippen LogP contribution in [-0.2, 0) is 0 Å². The van der Waals surface area contributed by atoms with E-state index in [1.54, 1.807) is 0 Å². The van der Waals surface area contributed by atoms with E-state index in [1.165, 1.54) is 12.7 Å². The first kappa shape index (κ1) is 10.7. The Morgan fingerprint density at radius 1 is 1.67 bits per heavy atom. The number of aromatic amines is 1. The molecule has 0 aromatic carbocycles. The third kappa shape index (κ3) is 1.93. The van der Waals surface area contributed by atoms with Crippen molar-refractivity contribution in [3.63, 3.8) is 0 Å². The lowest BCUT2D eigenvalue weighted by atomic mass is 9.67. The van der Waals surface area contributed by atoms with Crippen molar-refractivity contribution in [3.8, 4) is 0 Å². The fraction of sp³-hybridized carbons (Fsp3) is 0.600. The van der Waals surface area contributed by atoms with E-state index in [4.69, 9.17) is 0 Å². The summed E-state index contributed by atoms with van der Waals surface area (Å²) in [5.74, 6) is 0.636. The molecule has 0 saturated heterocycles. The van der Waals surface area contributed by atoms with Crippen LogP contribution >= 0.6 is 15.9 Å². The molecule has 1 aromatic rings. The molecule has 4 nitrogen and oxygen atoms in total. The van der Waals surface area contributed by atoms with Gasteiger partial charge in [0.25, 0.3) is 5.56 Å². The van der Waals surface area contributed by atoms with E-state index >= 15 is 0 Å². The van der Waals surface area contributed by atoms with Crippen molar-refractivity contribution in [2.45, 2.75) is 32.7 Å². The van der Waals surface area contributed by atoms with E-state index in [9.17, 15) is 4.79 Å². The van der Waals surface area contributed by atoms with Crippen LogP contribution in [0.15, 0.2) is 15.6 Å². The standard InChI is InChI=1S/C10H14BrN3O/c1-10(2)4-3-6(10)14-8-7(11)9(15)13-5-12-8/h5-6H,3-4H2,1-2H3,(H2,12,13,14,15). The van der Waals surface area contributed by atoms with Crippen molar-refractivity contribution in [2.24, 2.45) is 5.41 Å². The minimum Gasteiger partial charge on any atom is -0.366 e. The molecule has 1 aliphatic carbocycles. The summed E-state index contributed by atoms with van der Waals surface area (Å²) in [6.07, 6.45) is 3.76. The normalized spacial score (nSPS) is 23.3. The van der Waals surface area contributed by atoms with Crippen LogP contribution in [0.25, 0.3) is 0 Å². The first-order chi connectivity index (χ1) is 7.00. The van der Waals surface area contributed by atoms with Gasteiger partial charge in [0.1, 0.15) is 10.3 Å². The predicted octanol–water partition coefficient (Wildman–Crippen LogP) is 2.13. The molecule has 1 fully saturated rings. The van der Waals surface area contributed by atoms with Gasteiger partial charge in [0.15, 0.2) is 0 Å². The summed E-state index contributed by atoms with van der Waals surface area (Å²) in [4.78, 5) is 17.9. The predicted molar refractivity (Wildman–Crippen MR) is 63.0 cm³/mol. The van der Waals surface area contributed by atoms with Crippen molar-refractivity contribution in [1.82, 2.24) is 9.97 Å². The Bertz CT molecular complexity index is 427. The first-order valence-electron chi connectivity index (χ1n) is 5.00. The molecule has 15 heavy (non-hydrogen) atoms. The molecule has 0 bridgehead atoms. The average molecular weight is 272 g/mol. The van der Waals surface area contributed by atoms with Gasteiger partial charge in [-0.2, -0.15) is 0 Å². The second-order valence-electron chi connectivity index (χ2n) is 4.62. The van der Waals surface area contributed by atoms with Crippen LogP contribution in [0.3, 0.4) is 0 Å². The van der Waals surface area contributed by atoms with Crippen molar-refractivity contribution in [2.75, 3.05) is 5.32 Å². The Hall–Kier alpha value is -0.840. The SMILES string of the molecule is CC1(C)CCC1Nc1nc[nH]c(=O)c1Br. The monoisotopic (exact) mass is 271 g/mol. The van der Waals surface area contributed by atoms with Crippen molar-refractivity contribution >= 4 is 21.7 Å². The smallest absolute Gasteiger partial charge is 0.267 e. The van der Waals surface area contributed by atoms with E-state index in [2.05, 4.69) is 45.1 Å². The quantitative estimate of drug-likeness (QED) is 0.867. The van der Waals surface area contributed by atoms with Gasteiger partial charge in [-0.05, 0) is 34.2 Å². The maximum atomic E-state index is 11.3. The molecule has 82 valence electrons. The molecule has 1 aromatic heterocycles. The highest BCUT2D eigenvalue weighted by molar-refractivity contribution is 9.10. The number of anilines is 1. The third-order valence-corrected chi connectivity index (χ3v) is 3.86. The van der Waals surface area contributed by atoms with Crippen LogP contribution in [-0.4, -0.2) is 16.0 Å². The third-order valence-electron chi connectivity index (χ3n) is 3.13. The minimum atomic E-state index is -0.148. The molecule has 0 aliphatic heterocycles. The average Bonchev–Trinajstić information content (AvgIpc) is 2.19. The van der Waals surface area contributed by atoms with Gasteiger partial charge in [0.2, 0.25) is 0 Å². The lowest BCUT2D eigenvalue weighted by molar-refractivity contribution is 0.159. The maximum Gasteiger partial charge on any atom is 0.267 e. The number of halogens is 1. The molecule has 5 heteroatoms.